The summed E-state index contributed by atoms with van der Waals surface area (Å²) in [5, 5.41) is 10.2. The van der Waals surface area contributed by atoms with E-state index in [0.717, 1.165) is 0 Å². The van der Waals surface area contributed by atoms with Gasteiger partial charge in [-0.3, -0.25) is 0 Å². The van der Waals surface area contributed by atoms with E-state index in [4.69, 9.17) is 0 Å². The normalized spacial score (nSPS) is 12.1. The summed E-state index contributed by atoms with van der Waals surface area (Å²) in [4.78, 5) is 0. The van der Waals surface area contributed by atoms with Crippen LogP contribution in [-0.2, 0) is 0 Å². The van der Waals surface area contributed by atoms with Crippen LogP contribution in [0.25, 0.3) is 97.1 Å². The van der Waals surface area contributed by atoms with Crippen LogP contribution in [0.5, 0.6) is 0 Å². The van der Waals surface area contributed by atoms with E-state index in [1.54, 1.807) is 0 Å². The van der Waals surface area contributed by atoms with Crippen LogP contribution in [0.3, 0.4) is 0 Å². The van der Waals surface area contributed by atoms with Crippen molar-refractivity contribution in [1.29, 1.82) is 0 Å². The van der Waals surface area contributed by atoms with Crippen LogP contribution >= 0.6 is 11.3 Å². The molecular weight excluding hydrogens is 613 g/mol. The lowest BCUT2D eigenvalue weighted by molar-refractivity contribution is 1.17. The van der Waals surface area contributed by atoms with E-state index in [-0.39, 0.29) is 0 Å². The number of aromatic nitrogens is 2. The fourth-order valence-corrected chi connectivity index (χ4v) is 9.33. The van der Waals surface area contributed by atoms with Gasteiger partial charge in [0.25, 0.3) is 0 Å². The molecule has 0 aliphatic carbocycles. The molecule has 0 aliphatic heterocycles. The lowest BCUT2D eigenvalue weighted by Gasteiger charge is -2.12. The van der Waals surface area contributed by atoms with Crippen molar-refractivity contribution in [3.05, 3.63) is 170 Å². The highest BCUT2D eigenvalue weighted by Crippen LogP contribution is 2.41. The molecule has 0 spiro atoms. The monoisotopic (exact) mass is 640 g/mol. The molecule has 0 N–H and O–H groups in total. The Hall–Kier alpha value is -6.16. The Kier molecular flexibility index (Phi) is 5.57. The highest BCUT2D eigenvalue weighted by molar-refractivity contribution is 7.26. The summed E-state index contributed by atoms with van der Waals surface area (Å²) in [6.07, 6.45) is 0. The van der Waals surface area contributed by atoms with Crippen LogP contribution < -0.4 is 0 Å². The third-order valence-electron chi connectivity index (χ3n) is 10.3. The SMILES string of the molecule is c1ccc2c(c1)sc1c(-c3ccc4ccc(-n5c6ccccc6c6cc(-n7c8ccccc8c8ccccc87)ccc65)cc4c3)cccc12. The van der Waals surface area contributed by atoms with Gasteiger partial charge in [0.2, 0.25) is 0 Å². The fourth-order valence-electron chi connectivity index (χ4n) is 8.09. The molecule has 49 heavy (non-hydrogen) atoms. The number of hydrogen-bond donors (Lipinski definition) is 0. The number of hydrogen-bond acceptors (Lipinski definition) is 1. The molecular formula is C46H28N2S. The Morgan fingerprint density at radius 2 is 0.898 bits per heavy atom. The molecule has 0 amide bonds. The van der Waals surface area contributed by atoms with E-state index < -0.39 is 0 Å². The van der Waals surface area contributed by atoms with Crippen LogP contribution in [0.2, 0.25) is 0 Å². The van der Waals surface area contributed by atoms with E-state index in [2.05, 4.69) is 179 Å². The molecule has 0 saturated heterocycles. The van der Waals surface area contributed by atoms with Gasteiger partial charge in [-0.25, -0.2) is 0 Å². The molecule has 0 atom stereocenters. The zero-order valence-electron chi connectivity index (χ0n) is 26.5. The van der Waals surface area contributed by atoms with Gasteiger partial charge in [-0.05, 0) is 82.6 Å². The number of thiophene rings is 1. The van der Waals surface area contributed by atoms with Gasteiger partial charge in [-0.1, -0.05) is 109 Å². The van der Waals surface area contributed by atoms with E-state index in [9.17, 15) is 0 Å². The summed E-state index contributed by atoms with van der Waals surface area (Å²) in [6.45, 7) is 0. The zero-order chi connectivity index (χ0) is 32.1. The second kappa shape index (κ2) is 10.2. The molecule has 3 heterocycles. The summed E-state index contributed by atoms with van der Waals surface area (Å²) in [5.41, 5.74) is 9.75. The highest BCUT2D eigenvalue weighted by atomic mass is 32.1. The summed E-state index contributed by atoms with van der Waals surface area (Å²) in [5.74, 6) is 0. The third-order valence-corrected chi connectivity index (χ3v) is 11.5. The smallest absolute Gasteiger partial charge is 0.0542 e. The molecule has 3 aromatic heterocycles. The molecule has 8 aromatic carbocycles. The summed E-state index contributed by atoms with van der Waals surface area (Å²) < 4.78 is 7.52. The van der Waals surface area contributed by atoms with Gasteiger partial charge in [0.15, 0.2) is 0 Å². The van der Waals surface area contributed by atoms with Crippen LogP contribution in [0.1, 0.15) is 0 Å². The predicted molar refractivity (Wildman–Crippen MR) is 211 cm³/mol. The molecule has 0 radical (unpaired) electrons. The maximum absolute atomic E-state index is 2.43. The Morgan fingerprint density at radius 1 is 0.347 bits per heavy atom. The molecule has 0 bridgehead atoms. The Bertz CT molecular complexity index is 3060. The number of para-hydroxylation sites is 3. The molecule has 0 fully saturated rings. The van der Waals surface area contributed by atoms with E-state index >= 15 is 0 Å². The first-order valence-corrected chi connectivity index (χ1v) is 17.6. The Labute approximate surface area is 286 Å². The summed E-state index contributed by atoms with van der Waals surface area (Å²) in [6, 6.07) is 62.5. The van der Waals surface area contributed by atoms with Crippen molar-refractivity contribution in [3.63, 3.8) is 0 Å². The maximum atomic E-state index is 2.43. The van der Waals surface area contributed by atoms with Crippen LogP contribution in [0.4, 0.5) is 0 Å². The predicted octanol–water partition coefficient (Wildman–Crippen LogP) is 13.1. The van der Waals surface area contributed by atoms with Crippen molar-refractivity contribution in [1.82, 2.24) is 9.13 Å². The van der Waals surface area contributed by atoms with Crippen molar-refractivity contribution in [2.45, 2.75) is 0 Å². The van der Waals surface area contributed by atoms with Gasteiger partial charge < -0.3 is 9.13 Å². The van der Waals surface area contributed by atoms with Crippen LogP contribution in [0.15, 0.2) is 170 Å². The van der Waals surface area contributed by atoms with E-state index in [1.807, 2.05) is 11.3 Å². The van der Waals surface area contributed by atoms with Gasteiger partial charge >= 0.3 is 0 Å². The molecule has 11 aromatic rings. The third kappa shape index (κ3) is 3.88. The molecule has 228 valence electrons. The first-order valence-electron chi connectivity index (χ1n) is 16.8. The maximum Gasteiger partial charge on any atom is 0.0542 e. The minimum absolute atomic E-state index is 1.17. The fraction of sp³-hybridized carbons (Fsp3) is 0. The van der Waals surface area contributed by atoms with Crippen molar-refractivity contribution >= 4 is 85.9 Å². The lowest BCUT2D eigenvalue weighted by atomic mass is 9.99. The van der Waals surface area contributed by atoms with Gasteiger partial charge in [-0.15, -0.1) is 11.3 Å². The number of fused-ring (bicyclic) bond motifs is 10. The van der Waals surface area contributed by atoms with Crippen molar-refractivity contribution in [3.8, 4) is 22.5 Å². The lowest BCUT2D eigenvalue weighted by Crippen LogP contribution is -1.96. The minimum Gasteiger partial charge on any atom is -0.309 e. The molecule has 0 saturated carbocycles. The first-order chi connectivity index (χ1) is 24.3. The summed E-state index contributed by atoms with van der Waals surface area (Å²) in [7, 11) is 0. The molecule has 0 unspecified atom stereocenters. The second-order valence-corrected chi connectivity index (χ2v) is 14.0. The van der Waals surface area contributed by atoms with Gasteiger partial charge in [0.05, 0.1) is 22.1 Å². The van der Waals surface area contributed by atoms with Crippen LogP contribution in [-0.4, -0.2) is 9.13 Å². The van der Waals surface area contributed by atoms with E-state index in [1.165, 1.54) is 97.1 Å². The summed E-state index contributed by atoms with van der Waals surface area (Å²) >= 11 is 1.89. The van der Waals surface area contributed by atoms with Crippen molar-refractivity contribution < 1.29 is 0 Å². The van der Waals surface area contributed by atoms with Gasteiger partial charge in [0, 0.05) is 53.1 Å². The largest absolute Gasteiger partial charge is 0.309 e. The highest BCUT2D eigenvalue weighted by Gasteiger charge is 2.17. The average Bonchev–Trinajstić information content (AvgIpc) is 3.82. The molecule has 2 nitrogen and oxygen atoms in total. The van der Waals surface area contributed by atoms with Gasteiger partial charge in [-0.2, -0.15) is 0 Å². The van der Waals surface area contributed by atoms with Crippen molar-refractivity contribution in [2.24, 2.45) is 0 Å². The quantitative estimate of drug-likeness (QED) is 0.182. The average molecular weight is 641 g/mol. The molecule has 11 rings (SSSR count). The number of rotatable bonds is 3. The van der Waals surface area contributed by atoms with E-state index in [0.29, 0.717) is 0 Å². The Balaban J connectivity index is 1.10. The number of benzene rings is 8. The second-order valence-electron chi connectivity index (χ2n) is 13.0. The van der Waals surface area contributed by atoms with Crippen LogP contribution in [0, 0.1) is 0 Å². The topological polar surface area (TPSA) is 9.86 Å². The minimum atomic E-state index is 1.17. The first kappa shape index (κ1) is 26.9. The van der Waals surface area contributed by atoms with Gasteiger partial charge in [0.1, 0.15) is 0 Å². The Morgan fingerprint density at radius 3 is 1.63 bits per heavy atom. The van der Waals surface area contributed by atoms with Crippen molar-refractivity contribution in [2.75, 3.05) is 0 Å². The zero-order valence-corrected chi connectivity index (χ0v) is 27.3. The molecule has 0 aliphatic rings. The number of nitrogens with zero attached hydrogens (tertiary/aromatic N) is 2. The molecule has 3 heteroatoms. The standard InChI is InChI=1S/C46H28N2S/c1-5-16-41-35(10-1)36-11-2-6-17-42(36)48(41)33-24-25-44-40(28-33)37-12-3-7-18-43(37)47(44)32-23-22-29-20-21-30(26-31(29)27-32)34-14-9-15-39-38-13-4-8-19-45(38)49-46(34)39/h1-28H.